The number of halogens is 3. The molecule has 4 nitrogen and oxygen atoms in total. The average molecular weight is 434 g/mol. The summed E-state index contributed by atoms with van der Waals surface area (Å²) in [5.41, 5.74) is 0.730. The maximum absolute atomic E-state index is 11.9. The Balaban J connectivity index is 2.18. The van der Waals surface area contributed by atoms with Gasteiger partial charge in [0.25, 0.3) is 0 Å². The van der Waals surface area contributed by atoms with E-state index < -0.39 is 9.05 Å². The molecule has 1 heterocycles. The van der Waals surface area contributed by atoms with Crippen molar-refractivity contribution in [3.05, 3.63) is 26.8 Å². The van der Waals surface area contributed by atoms with E-state index >= 15 is 0 Å². The summed E-state index contributed by atoms with van der Waals surface area (Å²) >= 11 is 8.02. The van der Waals surface area contributed by atoms with Crippen molar-refractivity contribution in [1.82, 2.24) is 0 Å². The topological polar surface area (TPSA) is 54.5 Å². The minimum Gasteiger partial charge on any atom is -0.312 e. The van der Waals surface area contributed by atoms with Crippen LogP contribution in [-0.4, -0.2) is 26.6 Å². The number of amides is 1. The van der Waals surface area contributed by atoms with Crippen LogP contribution in [0.1, 0.15) is 6.42 Å². The predicted molar refractivity (Wildman–Crippen MR) is 84.3 cm³/mol. The largest absolute Gasteiger partial charge is 0.312 e. The number of benzene rings is 1. The molecule has 0 bridgehead atoms. The van der Waals surface area contributed by atoms with Gasteiger partial charge >= 0.3 is 0 Å². The van der Waals surface area contributed by atoms with Crippen LogP contribution >= 0.6 is 44.9 Å². The number of rotatable bonds is 3. The minimum atomic E-state index is -3.58. The van der Waals surface area contributed by atoms with Gasteiger partial charge in [-0.15, -0.1) is 0 Å². The van der Waals surface area contributed by atoms with Crippen molar-refractivity contribution in [3.63, 3.8) is 0 Å². The van der Waals surface area contributed by atoms with Gasteiger partial charge in [-0.05, 0) is 40.8 Å². The summed E-state index contributed by atoms with van der Waals surface area (Å²) in [4.78, 5) is 13.5. The van der Waals surface area contributed by atoms with Crippen molar-refractivity contribution in [1.29, 1.82) is 0 Å². The van der Waals surface area contributed by atoms with Crippen LogP contribution in [-0.2, 0) is 13.8 Å². The van der Waals surface area contributed by atoms with E-state index in [9.17, 15) is 13.2 Å². The number of anilines is 1. The van der Waals surface area contributed by atoms with Crippen molar-refractivity contribution in [2.45, 2.75) is 6.42 Å². The Kier molecular flexibility index (Phi) is 4.64. The highest BCUT2D eigenvalue weighted by atomic mass is 127. The fraction of sp³-hybridized carbons (Fsp3) is 0.364. The van der Waals surface area contributed by atoms with E-state index in [1.165, 1.54) is 0 Å². The lowest BCUT2D eigenvalue weighted by molar-refractivity contribution is -0.117. The zero-order chi connectivity index (χ0) is 14.2. The minimum absolute atomic E-state index is 0.0940. The van der Waals surface area contributed by atoms with Gasteiger partial charge in [-0.3, -0.25) is 4.79 Å². The number of nitrogens with zero attached hydrogens (tertiary/aromatic N) is 1. The quantitative estimate of drug-likeness (QED) is 0.544. The third-order valence-corrected chi connectivity index (χ3v) is 5.64. The van der Waals surface area contributed by atoms with Crippen LogP contribution < -0.4 is 4.90 Å². The van der Waals surface area contributed by atoms with Crippen molar-refractivity contribution < 1.29 is 13.2 Å². The fourth-order valence-corrected chi connectivity index (χ4v) is 4.01. The Morgan fingerprint density at radius 1 is 1.42 bits per heavy atom. The molecule has 0 N–H and O–H groups in total. The number of hydrogen-bond acceptors (Lipinski definition) is 3. The van der Waals surface area contributed by atoms with Crippen LogP contribution in [0.3, 0.4) is 0 Å². The van der Waals surface area contributed by atoms with E-state index in [0.717, 1.165) is 9.26 Å². The summed E-state index contributed by atoms with van der Waals surface area (Å²) < 4.78 is 23.0. The summed E-state index contributed by atoms with van der Waals surface area (Å²) in [6.45, 7) is 0.364. The standard InChI is InChI=1S/C11H10Cl2INO3S/c12-9-2-1-8(4-10(9)14)15-5-7(3-11(15)16)6-19(13,17)18/h1-2,4,7H,3,5-6H2. The Morgan fingerprint density at radius 2 is 2.11 bits per heavy atom. The van der Waals surface area contributed by atoms with Gasteiger partial charge in [0.2, 0.25) is 15.0 Å². The van der Waals surface area contributed by atoms with E-state index in [0.29, 0.717) is 11.6 Å². The fourth-order valence-electron chi connectivity index (χ4n) is 2.08. The summed E-state index contributed by atoms with van der Waals surface area (Å²) in [7, 11) is 1.64. The monoisotopic (exact) mass is 433 g/mol. The van der Waals surface area contributed by atoms with Gasteiger partial charge < -0.3 is 4.90 Å². The molecule has 0 aliphatic carbocycles. The molecule has 1 amide bonds. The van der Waals surface area contributed by atoms with Gasteiger partial charge in [-0.2, -0.15) is 0 Å². The first-order valence-electron chi connectivity index (χ1n) is 5.44. The first-order chi connectivity index (χ1) is 8.76. The zero-order valence-corrected chi connectivity index (χ0v) is 14.1. The molecule has 1 aromatic carbocycles. The number of hydrogen-bond donors (Lipinski definition) is 0. The van der Waals surface area contributed by atoms with Crippen LogP contribution in [0.15, 0.2) is 18.2 Å². The first-order valence-corrected chi connectivity index (χ1v) is 9.37. The highest BCUT2D eigenvalue weighted by Gasteiger charge is 2.33. The Labute approximate surface area is 134 Å². The first kappa shape index (κ1) is 15.3. The molecule has 1 aliphatic rings. The van der Waals surface area contributed by atoms with Gasteiger partial charge in [-0.25, -0.2) is 8.42 Å². The second-order valence-electron chi connectivity index (χ2n) is 4.38. The smallest absolute Gasteiger partial charge is 0.232 e. The van der Waals surface area contributed by atoms with Crippen LogP contribution in [0, 0.1) is 9.49 Å². The molecule has 0 aromatic heterocycles. The second kappa shape index (κ2) is 5.75. The maximum atomic E-state index is 11.9. The average Bonchev–Trinajstić information content (AvgIpc) is 2.61. The summed E-state index contributed by atoms with van der Waals surface area (Å²) in [6.07, 6.45) is 0.200. The van der Waals surface area contributed by atoms with E-state index in [1.807, 2.05) is 0 Å². The van der Waals surface area contributed by atoms with Crippen LogP contribution in [0.4, 0.5) is 5.69 Å². The molecular formula is C11H10Cl2INO3S. The molecule has 1 unspecified atom stereocenters. The van der Waals surface area contributed by atoms with Gasteiger partial charge in [0, 0.05) is 38.8 Å². The molecule has 0 spiro atoms. The van der Waals surface area contributed by atoms with Gasteiger partial charge in [0.1, 0.15) is 0 Å². The molecule has 2 rings (SSSR count). The van der Waals surface area contributed by atoms with Crippen LogP contribution in [0.2, 0.25) is 5.02 Å². The Bertz CT molecular complexity index is 620. The Morgan fingerprint density at radius 3 is 2.68 bits per heavy atom. The van der Waals surface area contributed by atoms with Crippen molar-refractivity contribution in [3.8, 4) is 0 Å². The maximum Gasteiger partial charge on any atom is 0.232 e. The molecule has 1 aliphatic heterocycles. The van der Waals surface area contributed by atoms with Crippen LogP contribution in [0.25, 0.3) is 0 Å². The lowest BCUT2D eigenvalue weighted by atomic mass is 10.1. The van der Waals surface area contributed by atoms with Crippen molar-refractivity contribution >= 4 is 65.5 Å². The molecule has 1 fully saturated rings. The molecule has 1 saturated heterocycles. The molecule has 104 valence electrons. The number of carbonyl (C=O) groups is 1. The summed E-state index contributed by atoms with van der Waals surface area (Å²) in [6, 6.07) is 5.27. The van der Waals surface area contributed by atoms with E-state index in [-0.39, 0.29) is 24.0 Å². The molecular weight excluding hydrogens is 424 g/mol. The van der Waals surface area contributed by atoms with Gasteiger partial charge in [0.15, 0.2) is 0 Å². The zero-order valence-electron chi connectivity index (χ0n) is 9.64. The SMILES string of the molecule is O=C1CC(CS(=O)(=O)Cl)CN1c1ccc(Cl)c(I)c1. The van der Waals surface area contributed by atoms with Gasteiger partial charge in [0.05, 0.1) is 10.8 Å². The third-order valence-electron chi connectivity index (χ3n) is 2.85. The third kappa shape index (κ3) is 3.96. The molecule has 1 aromatic rings. The van der Waals surface area contributed by atoms with Gasteiger partial charge in [-0.1, -0.05) is 11.6 Å². The lowest BCUT2D eigenvalue weighted by Crippen LogP contribution is -2.25. The van der Waals surface area contributed by atoms with E-state index in [2.05, 4.69) is 22.6 Å². The van der Waals surface area contributed by atoms with Crippen LogP contribution in [0.5, 0.6) is 0 Å². The van der Waals surface area contributed by atoms with E-state index in [1.54, 1.807) is 23.1 Å². The van der Waals surface area contributed by atoms with Crippen molar-refractivity contribution in [2.75, 3.05) is 17.2 Å². The highest BCUT2D eigenvalue weighted by molar-refractivity contribution is 14.1. The Hall–Kier alpha value is -0.0500. The summed E-state index contributed by atoms with van der Waals surface area (Å²) in [5, 5.41) is 0.621. The predicted octanol–water partition coefficient (Wildman–Crippen LogP) is 2.87. The normalized spacial score (nSPS) is 20.1. The van der Waals surface area contributed by atoms with E-state index in [4.69, 9.17) is 22.3 Å². The molecule has 0 radical (unpaired) electrons. The van der Waals surface area contributed by atoms with Crippen molar-refractivity contribution in [2.24, 2.45) is 5.92 Å². The summed E-state index contributed by atoms with van der Waals surface area (Å²) in [5.74, 6) is -0.534. The highest BCUT2D eigenvalue weighted by Crippen LogP contribution is 2.30. The molecule has 8 heteroatoms. The number of carbonyl (C=O) groups excluding carboxylic acids is 1. The molecule has 1 atom stereocenters. The molecule has 19 heavy (non-hydrogen) atoms. The lowest BCUT2D eigenvalue weighted by Gasteiger charge is -2.17. The second-order valence-corrected chi connectivity index (χ2v) is 8.77. The molecule has 0 saturated carbocycles.